The second-order valence-electron chi connectivity index (χ2n) is 4.48. The lowest BCUT2D eigenvalue weighted by Crippen LogP contribution is -2.25. The third kappa shape index (κ3) is 2.51. The molecule has 1 aromatic carbocycles. The van der Waals surface area contributed by atoms with Crippen LogP contribution in [0.4, 0.5) is 5.69 Å². The summed E-state index contributed by atoms with van der Waals surface area (Å²) < 4.78 is 0. The van der Waals surface area contributed by atoms with Gasteiger partial charge in [0.05, 0.1) is 0 Å². The summed E-state index contributed by atoms with van der Waals surface area (Å²) in [5, 5.41) is 6.88. The van der Waals surface area contributed by atoms with E-state index < -0.39 is 0 Å². The molecule has 0 aliphatic carbocycles. The minimum Gasteiger partial charge on any atom is -0.384 e. The molecule has 0 bridgehead atoms. The Bertz CT molecular complexity index is 331. The predicted molar refractivity (Wildman–Crippen MR) is 65.5 cm³/mol. The van der Waals surface area contributed by atoms with E-state index in [1.165, 1.54) is 23.2 Å². The summed E-state index contributed by atoms with van der Waals surface area (Å²) in [6.45, 7) is 6.56. The number of hydrogen-bond acceptors (Lipinski definition) is 2. The van der Waals surface area contributed by atoms with Gasteiger partial charge in [0.1, 0.15) is 0 Å². The van der Waals surface area contributed by atoms with Crippen molar-refractivity contribution in [3.05, 3.63) is 29.3 Å². The fourth-order valence-electron chi connectivity index (χ4n) is 2.15. The van der Waals surface area contributed by atoms with Crippen molar-refractivity contribution in [2.24, 2.45) is 0 Å². The van der Waals surface area contributed by atoms with E-state index in [2.05, 4.69) is 42.7 Å². The van der Waals surface area contributed by atoms with E-state index >= 15 is 0 Å². The molecule has 1 aromatic rings. The summed E-state index contributed by atoms with van der Waals surface area (Å²) in [6, 6.07) is 7.18. The monoisotopic (exact) mass is 204 g/mol. The summed E-state index contributed by atoms with van der Waals surface area (Å²) in [6.07, 6.45) is 2.33. The van der Waals surface area contributed by atoms with Crippen molar-refractivity contribution in [2.45, 2.75) is 32.7 Å². The third-order valence-electron chi connectivity index (χ3n) is 2.91. The van der Waals surface area contributed by atoms with Gasteiger partial charge in [-0.25, -0.2) is 0 Å². The van der Waals surface area contributed by atoms with Crippen LogP contribution in [0.2, 0.25) is 0 Å². The Labute approximate surface area is 92.1 Å². The average molecular weight is 204 g/mol. The second kappa shape index (κ2) is 4.67. The summed E-state index contributed by atoms with van der Waals surface area (Å²) in [7, 11) is 0. The average Bonchev–Trinajstić information content (AvgIpc) is 2.65. The zero-order chi connectivity index (χ0) is 10.7. The highest BCUT2D eigenvalue weighted by Crippen LogP contribution is 2.25. The Morgan fingerprint density at radius 2 is 2.27 bits per heavy atom. The SMILES string of the molecule is CC(C)NCCc1cccc2c1CCN2. The van der Waals surface area contributed by atoms with Crippen LogP contribution in [0.3, 0.4) is 0 Å². The van der Waals surface area contributed by atoms with Gasteiger partial charge in [-0.15, -0.1) is 0 Å². The van der Waals surface area contributed by atoms with E-state index in [1.54, 1.807) is 0 Å². The van der Waals surface area contributed by atoms with Crippen molar-refractivity contribution in [2.75, 3.05) is 18.4 Å². The third-order valence-corrected chi connectivity index (χ3v) is 2.91. The minimum absolute atomic E-state index is 0.583. The quantitative estimate of drug-likeness (QED) is 0.785. The van der Waals surface area contributed by atoms with E-state index in [1.807, 2.05) is 0 Å². The van der Waals surface area contributed by atoms with Crippen LogP contribution >= 0.6 is 0 Å². The molecular formula is C13H20N2. The maximum atomic E-state index is 3.46. The van der Waals surface area contributed by atoms with E-state index in [0.717, 1.165) is 19.5 Å². The number of rotatable bonds is 4. The first-order chi connectivity index (χ1) is 7.27. The lowest BCUT2D eigenvalue weighted by atomic mass is 10.0. The van der Waals surface area contributed by atoms with Crippen molar-refractivity contribution in [3.63, 3.8) is 0 Å². The Kier molecular flexibility index (Phi) is 3.27. The Morgan fingerprint density at radius 3 is 3.07 bits per heavy atom. The van der Waals surface area contributed by atoms with Gasteiger partial charge < -0.3 is 10.6 Å². The van der Waals surface area contributed by atoms with Crippen LogP contribution < -0.4 is 10.6 Å². The first kappa shape index (κ1) is 10.5. The molecule has 82 valence electrons. The lowest BCUT2D eigenvalue weighted by molar-refractivity contribution is 0.589. The zero-order valence-corrected chi connectivity index (χ0v) is 9.64. The van der Waals surface area contributed by atoms with Crippen molar-refractivity contribution >= 4 is 5.69 Å². The second-order valence-corrected chi connectivity index (χ2v) is 4.48. The van der Waals surface area contributed by atoms with Gasteiger partial charge in [-0.3, -0.25) is 0 Å². The van der Waals surface area contributed by atoms with Crippen LogP contribution in [0.15, 0.2) is 18.2 Å². The maximum Gasteiger partial charge on any atom is 0.0376 e. The van der Waals surface area contributed by atoms with Gasteiger partial charge in [0.25, 0.3) is 0 Å². The highest BCUT2D eigenvalue weighted by atomic mass is 14.9. The molecule has 2 heteroatoms. The Morgan fingerprint density at radius 1 is 1.40 bits per heavy atom. The number of nitrogens with one attached hydrogen (secondary N) is 2. The summed E-state index contributed by atoms with van der Waals surface area (Å²) >= 11 is 0. The van der Waals surface area contributed by atoms with Crippen LogP contribution in [-0.2, 0) is 12.8 Å². The molecule has 0 unspecified atom stereocenters. The van der Waals surface area contributed by atoms with Gasteiger partial charge in [0.15, 0.2) is 0 Å². The lowest BCUT2D eigenvalue weighted by Gasteiger charge is -2.10. The molecule has 1 aliphatic heterocycles. The van der Waals surface area contributed by atoms with E-state index in [0.29, 0.717) is 6.04 Å². The molecule has 2 nitrogen and oxygen atoms in total. The van der Waals surface area contributed by atoms with Gasteiger partial charge >= 0.3 is 0 Å². The van der Waals surface area contributed by atoms with Crippen molar-refractivity contribution in [3.8, 4) is 0 Å². The summed E-state index contributed by atoms with van der Waals surface area (Å²) in [4.78, 5) is 0. The van der Waals surface area contributed by atoms with Gasteiger partial charge in [0.2, 0.25) is 0 Å². The van der Waals surface area contributed by atoms with Crippen molar-refractivity contribution in [1.82, 2.24) is 5.32 Å². The first-order valence-corrected chi connectivity index (χ1v) is 5.85. The van der Waals surface area contributed by atoms with Crippen molar-refractivity contribution < 1.29 is 0 Å². The van der Waals surface area contributed by atoms with E-state index in [4.69, 9.17) is 0 Å². The smallest absolute Gasteiger partial charge is 0.0376 e. The standard InChI is InChI=1S/C13H20N2/c1-10(2)14-8-6-11-4-3-5-13-12(11)7-9-15-13/h3-5,10,14-15H,6-9H2,1-2H3. The molecule has 0 aromatic heterocycles. The van der Waals surface area contributed by atoms with Crippen LogP contribution in [0, 0.1) is 0 Å². The molecule has 15 heavy (non-hydrogen) atoms. The number of benzene rings is 1. The van der Waals surface area contributed by atoms with Crippen LogP contribution in [-0.4, -0.2) is 19.1 Å². The molecule has 0 spiro atoms. The largest absolute Gasteiger partial charge is 0.384 e. The molecule has 0 fully saturated rings. The van der Waals surface area contributed by atoms with Gasteiger partial charge in [-0.1, -0.05) is 26.0 Å². The van der Waals surface area contributed by atoms with E-state index in [-0.39, 0.29) is 0 Å². The maximum absolute atomic E-state index is 3.46. The molecule has 0 amide bonds. The highest BCUT2D eigenvalue weighted by Gasteiger charge is 2.12. The Hall–Kier alpha value is -1.02. The van der Waals surface area contributed by atoms with E-state index in [9.17, 15) is 0 Å². The topological polar surface area (TPSA) is 24.1 Å². The van der Waals surface area contributed by atoms with Gasteiger partial charge in [0, 0.05) is 18.3 Å². The summed E-state index contributed by atoms with van der Waals surface area (Å²) in [5.74, 6) is 0. The zero-order valence-electron chi connectivity index (χ0n) is 9.64. The molecule has 0 atom stereocenters. The van der Waals surface area contributed by atoms with Gasteiger partial charge in [-0.05, 0) is 36.6 Å². The van der Waals surface area contributed by atoms with Crippen molar-refractivity contribution in [1.29, 1.82) is 0 Å². The molecule has 0 radical (unpaired) electrons. The number of hydrogen-bond donors (Lipinski definition) is 2. The molecule has 1 aliphatic rings. The molecule has 2 N–H and O–H groups in total. The Balaban J connectivity index is 2.00. The fourth-order valence-corrected chi connectivity index (χ4v) is 2.15. The van der Waals surface area contributed by atoms with Crippen LogP contribution in [0.25, 0.3) is 0 Å². The minimum atomic E-state index is 0.583. The fraction of sp³-hybridized carbons (Fsp3) is 0.538. The van der Waals surface area contributed by atoms with Crippen LogP contribution in [0.5, 0.6) is 0 Å². The van der Waals surface area contributed by atoms with Crippen LogP contribution in [0.1, 0.15) is 25.0 Å². The molecule has 2 rings (SSSR count). The molecular weight excluding hydrogens is 184 g/mol. The summed E-state index contributed by atoms with van der Waals surface area (Å²) in [5.41, 5.74) is 4.38. The number of anilines is 1. The molecule has 0 saturated heterocycles. The first-order valence-electron chi connectivity index (χ1n) is 5.85. The normalized spacial score (nSPS) is 14.1. The van der Waals surface area contributed by atoms with Gasteiger partial charge in [-0.2, -0.15) is 0 Å². The molecule has 0 saturated carbocycles. The number of fused-ring (bicyclic) bond motifs is 1. The molecule has 1 heterocycles. The highest BCUT2D eigenvalue weighted by molar-refractivity contribution is 5.58. The predicted octanol–water partition coefficient (Wildman–Crippen LogP) is 2.20.